The Hall–Kier alpha value is -1.49. The highest BCUT2D eigenvalue weighted by molar-refractivity contribution is 8.13. The number of benzene rings is 2. The average Bonchev–Trinajstić information content (AvgIpc) is 2.50. The molecule has 2 N–H and O–H groups in total. The molecule has 0 atom stereocenters. The summed E-state index contributed by atoms with van der Waals surface area (Å²) in [5.41, 5.74) is 7.68. The van der Waals surface area contributed by atoms with Crippen molar-refractivity contribution in [2.75, 3.05) is 0 Å². The van der Waals surface area contributed by atoms with E-state index in [2.05, 4.69) is 10.2 Å². The molecule has 0 radical (unpaired) electrons. The molecule has 0 unspecified atom stereocenters. The summed E-state index contributed by atoms with van der Waals surface area (Å²) in [7, 11) is 0. The zero-order chi connectivity index (χ0) is 15.1. The molecule has 21 heavy (non-hydrogen) atoms. The van der Waals surface area contributed by atoms with E-state index in [4.69, 9.17) is 28.9 Å². The molecule has 108 valence electrons. The lowest BCUT2D eigenvalue weighted by molar-refractivity contribution is 1.25. The fourth-order valence-corrected chi connectivity index (χ4v) is 2.48. The van der Waals surface area contributed by atoms with Crippen molar-refractivity contribution in [2.45, 2.75) is 5.75 Å². The van der Waals surface area contributed by atoms with Crippen molar-refractivity contribution in [1.29, 1.82) is 0 Å². The van der Waals surface area contributed by atoms with Gasteiger partial charge >= 0.3 is 0 Å². The number of hydrogen-bond acceptors (Lipinski definition) is 3. The zero-order valence-corrected chi connectivity index (χ0v) is 13.4. The summed E-state index contributed by atoms with van der Waals surface area (Å²) in [4.78, 5) is 0. The van der Waals surface area contributed by atoms with Gasteiger partial charge in [0.1, 0.15) is 0 Å². The molecule has 0 fully saturated rings. The molecule has 0 saturated carbocycles. The zero-order valence-electron chi connectivity index (χ0n) is 11.0. The number of rotatable bonds is 4. The van der Waals surface area contributed by atoms with Gasteiger partial charge in [-0.15, -0.1) is 5.10 Å². The van der Waals surface area contributed by atoms with Gasteiger partial charge in [0.15, 0.2) is 5.17 Å². The lowest BCUT2D eigenvalue weighted by atomic mass is 10.2. The highest BCUT2D eigenvalue weighted by atomic mass is 35.5. The van der Waals surface area contributed by atoms with E-state index in [9.17, 15) is 0 Å². The molecule has 0 heterocycles. The van der Waals surface area contributed by atoms with Crippen LogP contribution in [0.4, 0.5) is 0 Å². The molecule has 0 saturated heterocycles. The smallest absolute Gasteiger partial charge is 0.180 e. The summed E-state index contributed by atoms with van der Waals surface area (Å²) in [6.07, 6.45) is 1.53. The first-order valence-corrected chi connectivity index (χ1v) is 7.87. The lowest BCUT2D eigenvalue weighted by Crippen LogP contribution is -2.06. The molecular formula is C15H13Cl2N3S. The van der Waals surface area contributed by atoms with Gasteiger partial charge in [0.2, 0.25) is 0 Å². The predicted molar refractivity (Wildman–Crippen MR) is 93.4 cm³/mol. The normalized spacial score (nSPS) is 12.0. The van der Waals surface area contributed by atoms with Crippen LogP contribution in [0.3, 0.4) is 0 Å². The first kappa shape index (κ1) is 15.9. The third-order valence-corrected chi connectivity index (χ3v) is 3.98. The monoisotopic (exact) mass is 337 g/mol. The van der Waals surface area contributed by atoms with E-state index in [1.807, 2.05) is 30.3 Å². The Bertz CT molecular complexity index is 657. The molecule has 2 aromatic rings. The Morgan fingerprint density at radius 1 is 1.14 bits per heavy atom. The predicted octanol–water partition coefficient (Wildman–Crippen LogP) is 4.58. The lowest BCUT2D eigenvalue weighted by Gasteiger charge is -1.99. The Kier molecular flexibility index (Phi) is 6.11. The summed E-state index contributed by atoms with van der Waals surface area (Å²) in [6.45, 7) is 0. The highest BCUT2D eigenvalue weighted by Crippen LogP contribution is 2.19. The second kappa shape index (κ2) is 8.08. The second-order valence-corrected chi connectivity index (χ2v) is 5.96. The fraction of sp³-hybridized carbons (Fsp3) is 0.0667. The number of nitrogens with two attached hydrogens (primary N) is 1. The highest BCUT2D eigenvalue weighted by Gasteiger charge is 1.98. The maximum atomic E-state index is 6.02. The van der Waals surface area contributed by atoms with Gasteiger partial charge in [0.25, 0.3) is 0 Å². The van der Waals surface area contributed by atoms with E-state index in [0.29, 0.717) is 20.8 Å². The molecule has 0 aliphatic carbocycles. The average molecular weight is 338 g/mol. The molecular weight excluding hydrogens is 325 g/mol. The topological polar surface area (TPSA) is 50.7 Å². The third kappa shape index (κ3) is 5.42. The van der Waals surface area contributed by atoms with Crippen molar-refractivity contribution in [3.63, 3.8) is 0 Å². The SMILES string of the molecule is NC(=NN=Cc1cc(Cl)ccc1Cl)SCc1ccccc1. The van der Waals surface area contributed by atoms with Gasteiger partial charge in [-0.05, 0) is 23.8 Å². The summed E-state index contributed by atoms with van der Waals surface area (Å²) < 4.78 is 0. The maximum absolute atomic E-state index is 6.02. The van der Waals surface area contributed by atoms with Gasteiger partial charge in [-0.3, -0.25) is 0 Å². The maximum Gasteiger partial charge on any atom is 0.180 e. The first-order valence-electron chi connectivity index (χ1n) is 6.13. The molecule has 2 rings (SSSR count). The van der Waals surface area contributed by atoms with E-state index in [1.54, 1.807) is 18.2 Å². The van der Waals surface area contributed by atoms with Gasteiger partial charge in [0, 0.05) is 21.4 Å². The Labute approximate surface area is 137 Å². The van der Waals surface area contributed by atoms with Crippen molar-refractivity contribution in [3.05, 3.63) is 69.7 Å². The molecule has 0 amide bonds. The van der Waals surface area contributed by atoms with E-state index >= 15 is 0 Å². The molecule has 2 aromatic carbocycles. The van der Waals surface area contributed by atoms with Crippen LogP contribution in [0.2, 0.25) is 10.0 Å². The quantitative estimate of drug-likeness (QED) is 0.504. The molecule has 0 aromatic heterocycles. The minimum atomic E-state index is 0.397. The van der Waals surface area contributed by atoms with Crippen LogP contribution in [0.25, 0.3) is 0 Å². The van der Waals surface area contributed by atoms with Crippen LogP contribution in [0.1, 0.15) is 11.1 Å². The van der Waals surface area contributed by atoms with E-state index in [1.165, 1.54) is 23.5 Å². The number of thioether (sulfide) groups is 1. The number of halogens is 2. The van der Waals surface area contributed by atoms with E-state index in [-0.39, 0.29) is 0 Å². The molecule has 0 spiro atoms. The van der Waals surface area contributed by atoms with Gasteiger partial charge in [0.05, 0.1) is 6.21 Å². The number of nitrogens with zero attached hydrogens (tertiary/aromatic N) is 2. The van der Waals surface area contributed by atoms with Crippen molar-refractivity contribution in [3.8, 4) is 0 Å². The summed E-state index contributed by atoms with van der Waals surface area (Å²) in [5, 5.41) is 9.41. The van der Waals surface area contributed by atoms with Crippen LogP contribution in [-0.4, -0.2) is 11.4 Å². The molecule has 0 bridgehead atoms. The summed E-state index contributed by atoms with van der Waals surface area (Å²) >= 11 is 13.3. The van der Waals surface area contributed by atoms with Gasteiger partial charge in [-0.25, -0.2) is 0 Å². The van der Waals surface area contributed by atoms with Crippen molar-refractivity contribution in [2.24, 2.45) is 15.9 Å². The van der Waals surface area contributed by atoms with E-state index < -0.39 is 0 Å². The first-order chi connectivity index (χ1) is 10.1. The third-order valence-electron chi connectivity index (χ3n) is 2.54. The van der Waals surface area contributed by atoms with Gasteiger partial charge in [-0.2, -0.15) is 5.10 Å². The summed E-state index contributed by atoms with van der Waals surface area (Å²) in [5.74, 6) is 0.754. The molecule has 6 heteroatoms. The minimum absolute atomic E-state index is 0.397. The second-order valence-electron chi connectivity index (χ2n) is 4.12. The molecule has 3 nitrogen and oxygen atoms in total. The summed E-state index contributed by atoms with van der Waals surface area (Å²) in [6, 6.07) is 15.2. The van der Waals surface area contributed by atoms with Crippen LogP contribution < -0.4 is 5.73 Å². The van der Waals surface area contributed by atoms with Crippen molar-refractivity contribution < 1.29 is 0 Å². The number of amidine groups is 1. The molecule has 0 aliphatic rings. The number of hydrogen-bond donors (Lipinski definition) is 1. The van der Waals surface area contributed by atoms with Crippen LogP contribution in [0, 0.1) is 0 Å². The fourth-order valence-electron chi connectivity index (χ4n) is 1.52. The van der Waals surface area contributed by atoms with Crippen LogP contribution >= 0.6 is 35.0 Å². The van der Waals surface area contributed by atoms with Crippen LogP contribution in [0.15, 0.2) is 58.7 Å². The van der Waals surface area contributed by atoms with Crippen LogP contribution in [0.5, 0.6) is 0 Å². The standard InChI is InChI=1S/C15H13Cl2N3S/c16-13-6-7-14(17)12(8-13)9-19-20-15(18)21-10-11-4-2-1-3-5-11/h1-9H,10H2,(H2,18,20). The van der Waals surface area contributed by atoms with E-state index in [0.717, 1.165) is 5.75 Å². The minimum Gasteiger partial charge on any atom is -0.377 e. The Morgan fingerprint density at radius 3 is 2.67 bits per heavy atom. The van der Waals surface area contributed by atoms with Crippen LogP contribution in [-0.2, 0) is 5.75 Å². The Morgan fingerprint density at radius 2 is 1.90 bits per heavy atom. The largest absolute Gasteiger partial charge is 0.377 e. The van der Waals surface area contributed by atoms with Crippen molar-refractivity contribution in [1.82, 2.24) is 0 Å². The molecule has 0 aliphatic heterocycles. The van der Waals surface area contributed by atoms with Gasteiger partial charge in [-0.1, -0.05) is 65.3 Å². The van der Waals surface area contributed by atoms with Gasteiger partial charge < -0.3 is 5.73 Å². The Balaban J connectivity index is 1.93. The van der Waals surface area contributed by atoms with Crippen molar-refractivity contribution >= 4 is 46.3 Å².